The molecule has 130 valence electrons. The van der Waals surface area contributed by atoms with E-state index < -0.39 is 0 Å². The molecular weight excluding hydrogens is 332 g/mol. The van der Waals surface area contributed by atoms with E-state index in [2.05, 4.69) is 54.6 Å². The highest BCUT2D eigenvalue weighted by Crippen LogP contribution is 2.41. The van der Waals surface area contributed by atoms with Crippen LogP contribution in [0.15, 0.2) is 91.0 Å². The first-order valence-electron chi connectivity index (χ1n) is 9.05. The topological polar surface area (TPSA) is 29.5 Å². The summed E-state index contributed by atoms with van der Waals surface area (Å²) in [4.78, 5) is 0. The second-order valence-corrected chi connectivity index (χ2v) is 6.79. The van der Waals surface area contributed by atoms with Gasteiger partial charge in [-0.25, -0.2) is 0 Å². The van der Waals surface area contributed by atoms with E-state index in [4.69, 9.17) is 4.74 Å². The molecule has 0 atom stereocenters. The summed E-state index contributed by atoms with van der Waals surface area (Å²) in [5, 5.41) is 9.37. The molecule has 2 nitrogen and oxygen atoms in total. The van der Waals surface area contributed by atoms with Gasteiger partial charge in [-0.05, 0) is 76.2 Å². The van der Waals surface area contributed by atoms with Gasteiger partial charge in [0.05, 0.1) is 0 Å². The van der Waals surface area contributed by atoms with E-state index in [1.165, 1.54) is 33.4 Å². The van der Waals surface area contributed by atoms with Gasteiger partial charge >= 0.3 is 0 Å². The third-order valence-corrected chi connectivity index (χ3v) is 5.09. The molecule has 1 N–H and O–H groups in total. The first kappa shape index (κ1) is 15.7. The van der Waals surface area contributed by atoms with Gasteiger partial charge in [0.15, 0.2) is 0 Å². The summed E-state index contributed by atoms with van der Waals surface area (Å²) >= 11 is 0. The zero-order valence-electron chi connectivity index (χ0n) is 14.7. The Bertz CT molecular complexity index is 1110. The van der Waals surface area contributed by atoms with Crippen molar-refractivity contribution in [1.29, 1.82) is 0 Å². The molecular formula is C25H18O2. The molecule has 0 spiro atoms. The molecule has 0 bridgehead atoms. The number of fused-ring (bicyclic) bond motifs is 3. The Morgan fingerprint density at radius 1 is 0.593 bits per heavy atom. The summed E-state index contributed by atoms with van der Waals surface area (Å²) in [5.74, 6) is 1.72. The molecule has 0 fully saturated rings. The molecule has 4 aromatic carbocycles. The van der Waals surface area contributed by atoms with Crippen molar-refractivity contribution in [2.45, 2.75) is 6.42 Å². The summed E-state index contributed by atoms with van der Waals surface area (Å²) in [7, 11) is 0. The lowest BCUT2D eigenvalue weighted by atomic mass is 9.96. The van der Waals surface area contributed by atoms with E-state index in [0.717, 1.165) is 12.2 Å². The van der Waals surface area contributed by atoms with Crippen LogP contribution in [0.3, 0.4) is 0 Å². The predicted octanol–water partition coefficient (Wildman–Crippen LogP) is 6.42. The summed E-state index contributed by atoms with van der Waals surface area (Å²) in [5.41, 5.74) is 7.95. The third kappa shape index (κ3) is 2.85. The number of aromatic hydroxyl groups is 1. The maximum atomic E-state index is 9.37. The third-order valence-electron chi connectivity index (χ3n) is 5.09. The normalized spacial score (nSPS) is 11.7. The van der Waals surface area contributed by atoms with Crippen LogP contribution in [0.2, 0.25) is 0 Å². The second-order valence-electron chi connectivity index (χ2n) is 6.79. The summed E-state index contributed by atoms with van der Waals surface area (Å²) < 4.78 is 5.86. The van der Waals surface area contributed by atoms with Crippen LogP contribution in [0, 0.1) is 0 Å². The maximum absolute atomic E-state index is 9.37. The molecule has 0 unspecified atom stereocenters. The van der Waals surface area contributed by atoms with Crippen molar-refractivity contribution in [1.82, 2.24) is 0 Å². The molecule has 0 aromatic heterocycles. The van der Waals surface area contributed by atoms with Crippen molar-refractivity contribution < 1.29 is 9.84 Å². The van der Waals surface area contributed by atoms with Gasteiger partial charge < -0.3 is 9.84 Å². The molecule has 1 aliphatic carbocycles. The summed E-state index contributed by atoms with van der Waals surface area (Å²) in [6.45, 7) is 0. The van der Waals surface area contributed by atoms with Crippen LogP contribution in [-0.4, -0.2) is 5.11 Å². The van der Waals surface area contributed by atoms with Gasteiger partial charge in [0.25, 0.3) is 0 Å². The van der Waals surface area contributed by atoms with Crippen molar-refractivity contribution in [3.63, 3.8) is 0 Å². The maximum Gasteiger partial charge on any atom is 0.127 e. The Kier molecular flexibility index (Phi) is 3.68. The van der Waals surface area contributed by atoms with Crippen LogP contribution < -0.4 is 4.74 Å². The first-order valence-corrected chi connectivity index (χ1v) is 9.05. The Balaban J connectivity index is 1.46. The number of hydrogen-bond acceptors (Lipinski definition) is 2. The molecule has 2 heteroatoms. The average Bonchev–Trinajstić information content (AvgIpc) is 3.09. The fourth-order valence-corrected chi connectivity index (χ4v) is 3.78. The largest absolute Gasteiger partial charge is 0.508 e. The quantitative estimate of drug-likeness (QED) is 0.407. The van der Waals surface area contributed by atoms with E-state index >= 15 is 0 Å². The minimum absolute atomic E-state index is 0.233. The van der Waals surface area contributed by atoms with Crippen molar-refractivity contribution in [3.8, 4) is 39.5 Å². The molecule has 0 aliphatic heterocycles. The Labute approximate surface area is 158 Å². The van der Waals surface area contributed by atoms with Crippen molar-refractivity contribution in [2.75, 3.05) is 0 Å². The molecule has 0 heterocycles. The zero-order valence-corrected chi connectivity index (χ0v) is 14.7. The smallest absolute Gasteiger partial charge is 0.127 e. The van der Waals surface area contributed by atoms with Crippen LogP contribution in [0.25, 0.3) is 22.3 Å². The van der Waals surface area contributed by atoms with E-state index in [-0.39, 0.29) is 5.75 Å². The number of ether oxygens (including phenoxy) is 1. The first-order chi connectivity index (χ1) is 13.3. The summed E-state index contributed by atoms with van der Waals surface area (Å²) in [6, 6.07) is 30.1. The predicted molar refractivity (Wildman–Crippen MR) is 108 cm³/mol. The second kappa shape index (κ2) is 6.33. The Hall–Kier alpha value is -3.52. The monoisotopic (exact) mass is 350 g/mol. The van der Waals surface area contributed by atoms with Gasteiger partial charge in [-0.3, -0.25) is 0 Å². The number of phenols is 1. The highest BCUT2D eigenvalue weighted by molar-refractivity contribution is 5.84. The fourth-order valence-electron chi connectivity index (χ4n) is 3.78. The number of hydrogen-bond donors (Lipinski definition) is 1. The van der Waals surface area contributed by atoms with Crippen LogP contribution >= 0.6 is 0 Å². The highest BCUT2D eigenvalue weighted by Gasteiger charge is 2.20. The Morgan fingerprint density at radius 2 is 1.22 bits per heavy atom. The lowest BCUT2D eigenvalue weighted by Crippen LogP contribution is -1.89. The molecule has 5 rings (SSSR count). The van der Waals surface area contributed by atoms with Crippen LogP contribution in [0.5, 0.6) is 17.2 Å². The zero-order chi connectivity index (χ0) is 18.2. The molecule has 27 heavy (non-hydrogen) atoms. The van der Waals surface area contributed by atoms with Crippen molar-refractivity contribution >= 4 is 0 Å². The molecule has 0 saturated carbocycles. The van der Waals surface area contributed by atoms with E-state index in [9.17, 15) is 5.11 Å². The lowest BCUT2D eigenvalue weighted by molar-refractivity contribution is 0.464. The van der Waals surface area contributed by atoms with Crippen molar-refractivity contribution in [2.24, 2.45) is 0 Å². The van der Waals surface area contributed by atoms with E-state index in [1.807, 2.05) is 12.1 Å². The van der Waals surface area contributed by atoms with E-state index in [1.54, 1.807) is 24.3 Å². The molecule has 0 amide bonds. The number of phenolic OH excluding ortho intramolecular Hbond substituents is 1. The standard InChI is InChI=1S/C25H18O2/c26-19-10-14-21(15-11-19)27-20-12-8-17(9-13-20)22-6-3-7-24-23-5-2-1-4-18(23)16-25(22)24/h1-15,26H,16H2. The summed E-state index contributed by atoms with van der Waals surface area (Å²) in [6.07, 6.45) is 0.980. The molecule has 0 radical (unpaired) electrons. The average molecular weight is 350 g/mol. The van der Waals surface area contributed by atoms with Crippen LogP contribution in [-0.2, 0) is 6.42 Å². The Morgan fingerprint density at radius 3 is 2.00 bits per heavy atom. The van der Waals surface area contributed by atoms with Gasteiger partial charge in [-0.15, -0.1) is 0 Å². The van der Waals surface area contributed by atoms with Crippen LogP contribution in [0.4, 0.5) is 0 Å². The van der Waals surface area contributed by atoms with Gasteiger partial charge in [0, 0.05) is 0 Å². The minimum atomic E-state index is 0.233. The molecule has 1 aliphatic rings. The number of benzene rings is 4. The highest BCUT2D eigenvalue weighted by atomic mass is 16.5. The fraction of sp³-hybridized carbons (Fsp3) is 0.0400. The van der Waals surface area contributed by atoms with E-state index in [0.29, 0.717) is 5.75 Å². The van der Waals surface area contributed by atoms with Crippen molar-refractivity contribution in [3.05, 3.63) is 102 Å². The number of rotatable bonds is 3. The van der Waals surface area contributed by atoms with Gasteiger partial charge in [0.1, 0.15) is 17.2 Å². The lowest BCUT2D eigenvalue weighted by Gasteiger charge is -2.10. The van der Waals surface area contributed by atoms with Gasteiger partial charge in [-0.2, -0.15) is 0 Å². The molecule has 0 saturated heterocycles. The van der Waals surface area contributed by atoms with Gasteiger partial charge in [-0.1, -0.05) is 54.6 Å². The minimum Gasteiger partial charge on any atom is -0.508 e. The SMILES string of the molecule is Oc1ccc(Oc2ccc(-c3cccc4c3Cc3ccccc3-4)cc2)cc1. The van der Waals surface area contributed by atoms with Gasteiger partial charge in [0.2, 0.25) is 0 Å². The molecule has 4 aromatic rings. The van der Waals surface area contributed by atoms with Crippen LogP contribution in [0.1, 0.15) is 11.1 Å².